The topological polar surface area (TPSA) is 72.9 Å². The zero-order chi connectivity index (χ0) is 13.8. The summed E-state index contributed by atoms with van der Waals surface area (Å²) < 4.78 is 14.5. The fourth-order valence-electron chi connectivity index (χ4n) is 1.52. The second-order valence-electron chi connectivity index (χ2n) is 3.96. The number of amides is 1. The Hall–Kier alpha value is -2.08. The molecule has 0 bridgehead atoms. The summed E-state index contributed by atoms with van der Waals surface area (Å²) in [5, 5.41) is 7.10. The lowest BCUT2D eigenvalue weighted by atomic mass is 10.2. The smallest absolute Gasteiger partial charge is 0.226 e. The van der Waals surface area contributed by atoms with Crippen LogP contribution in [0.3, 0.4) is 0 Å². The zero-order valence-electron chi connectivity index (χ0n) is 9.94. The highest BCUT2D eigenvalue weighted by Gasteiger charge is 2.05. The van der Waals surface area contributed by atoms with Crippen molar-refractivity contribution in [1.29, 1.82) is 0 Å². The fraction of sp³-hybridized carbons (Fsp3) is 0.167. The van der Waals surface area contributed by atoms with Crippen molar-refractivity contribution in [1.82, 2.24) is 9.78 Å². The van der Waals surface area contributed by atoms with Crippen molar-refractivity contribution in [3.63, 3.8) is 0 Å². The Morgan fingerprint density at radius 1 is 1.53 bits per heavy atom. The van der Waals surface area contributed by atoms with E-state index in [1.54, 1.807) is 10.9 Å². The first kappa shape index (κ1) is 13.4. The van der Waals surface area contributed by atoms with Crippen LogP contribution in [0.4, 0.5) is 15.8 Å². The number of anilines is 2. The van der Waals surface area contributed by atoms with Crippen LogP contribution in [0.25, 0.3) is 0 Å². The Morgan fingerprint density at radius 2 is 2.32 bits per heavy atom. The molecule has 0 radical (unpaired) electrons. The van der Waals surface area contributed by atoms with Crippen LogP contribution < -0.4 is 11.1 Å². The average Bonchev–Trinajstić information content (AvgIpc) is 2.77. The highest BCUT2D eigenvalue weighted by Crippen LogP contribution is 2.16. The lowest BCUT2D eigenvalue weighted by Crippen LogP contribution is -2.14. The van der Waals surface area contributed by atoms with Crippen molar-refractivity contribution in [2.24, 2.45) is 0 Å². The van der Waals surface area contributed by atoms with Crippen LogP contribution in [-0.4, -0.2) is 15.7 Å². The summed E-state index contributed by atoms with van der Waals surface area (Å²) in [5.74, 6) is -0.721. The van der Waals surface area contributed by atoms with E-state index in [9.17, 15) is 9.18 Å². The Morgan fingerprint density at radius 3 is 2.95 bits per heavy atom. The van der Waals surface area contributed by atoms with Gasteiger partial charge in [0.15, 0.2) is 0 Å². The van der Waals surface area contributed by atoms with E-state index in [-0.39, 0.29) is 18.0 Å². The van der Waals surface area contributed by atoms with Gasteiger partial charge in [-0.2, -0.15) is 5.10 Å². The SMILES string of the molecule is Nc1cc(NC(=O)CCn2cc(Cl)cn2)ccc1F. The maximum absolute atomic E-state index is 12.9. The van der Waals surface area contributed by atoms with E-state index in [4.69, 9.17) is 17.3 Å². The van der Waals surface area contributed by atoms with Crippen LogP contribution in [0.15, 0.2) is 30.6 Å². The van der Waals surface area contributed by atoms with E-state index in [0.29, 0.717) is 17.3 Å². The minimum absolute atomic E-state index is 0.00309. The maximum Gasteiger partial charge on any atom is 0.226 e. The number of aryl methyl sites for hydroxylation is 1. The number of hydrogen-bond acceptors (Lipinski definition) is 3. The van der Waals surface area contributed by atoms with Gasteiger partial charge < -0.3 is 11.1 Å². The molecule has 3 N–H and O–H groups in total. The van der Waals surface area contributed by atoms with Gasteiger partial charge >= 0.3 is 0 Å². The molecule has 1 heterocycles. The molecule has 0 saturated heterocycles. The first-order valence-electron chi connectivity index (χ1n) is 5.57. The number of rotatable bonds is 4. The quantitative estimate of drug-likeness (QED) is 0.845. The largest absolute Gasteiger partial charge is 0.396 e. The molecule has 1 amide bonds. The predicted molar refractivity (Wildman–Crippen MR) is 71.3 cm³/mol. The highest BCUT2D eigenvalue weighted by atomic mass is 35.5. The van der Waals surface area contributed by atoms with Gasteiger partial charge in [0.05, 0.1) is 16.9 Å². The number of nitrogen functional groups attached to an aromatic ring is 1. The highest BCUT2D eigenvalue weighted by molar-refractivity contribution is 6.30. The van der Waals surface area contributed by atoms with Crippen molar-refractivity contribution >= 4 is 28.9 Å². The van der Waals surface area contributed by atoms with Crippen molar-refractivity contribution in [2.45, 2.75) is 13.0 Å². The molecule has 100 valence electrons. The Bertz CT molecular complexity index is 599. The monoisotopic (exact) mass is 282 g/mol. The normalized spacial score (nSPS) is 10.4. The first-order valence-corrected chi connectivity index (χ1v) is 5.95. The van der Waals surface area contributed by atoms with Gasteiger partial charge in [0.25, 0.3) is 0 Å². The molecule has 0 fully saturated rings. The summed E-state index contributed by atoms with van der Waals surface area (Å²) in [7, 11) is 0. The molecule has 1 aromatic heterocycles. The average molecular weight is 283 g/mol. The molecule has 7 heteroatoms. The van der Waals surface area contributed by atoms with E-state index in [0.717, 1.165) is 0 Å². The zero-order valence-corrected chi connectivity index (χ0v) is 10.7. The minimum atomic E-state index is -0.510. The maximum atomic E-state index is 12.9. The van der Waals surface area contributed by atoms with Crippen LogP contribution in [0.5, 0.6) is 0 Å². The van der Waals surface area contributed by atoms with Crippen LogP contribution in [0.2, 0.25) is 5.02 Å². The van der Waals surface area contributed by atoms with Gasteiger partial charge in [-0.15, -0.1) is 0 Å². The Labute approximate surface area is 114 Å². The molecule has 0 spiro atoms. The van der Waals surface area contributed by atoms with Gasteiger partial charge in [0.2, 0.25) is 5.91 Å². The predicted octanol–water partition coefficient (Wildman–Crippen LogP) is 2.29. The summed E-state index contributed by atoms with van der Waals surface area (Å²) >= 11 is 5.70. The number of benzene rings is 1. The fourth-order valence-corrected chi connectivity index (χ4v) is 1.68. The minimum Gasteiger partial charge on any atom is -0.396 e. The first-order chi connectivity index (χ1) is 9.04. The molecule has 0 unspecified atom stereocenters. The molecule has 5 nitrogen and oxygen atoms in total. The molecule has 2 rings (SSSR count). The second kappa shape index (κ2) is 5.71. The van der Waals surface area contributed by atoms with Gasteiger partial charge in [-0.1, -0.05) is 11.6 Å². The van der Waals surface area contributed by atoms with E-state index in [1.165, 1.54) is 24.4 Å². The molecular weight excluding hydrogens is 271 g/mol. The molecule has 19 heavy (non-hydrogen) atoms. The molecule has 0 saturated carbocycles. The van der Waals surface area contributed by atoms with Crippen LogP contribution >= 0.6 is 11.6 Å². The molecule has 0 aliphatic heterocycles. The summed E-state index contributed by atoms with van der Waals surface area (Å²) in [5.41, 5.74) is 5.87. The molecular formula is C12H12ClFN4O. The van der Waals surface area contributed by atoms with E-state index >= 15 is 0 Å². The van der Waals surface area contributed by atoms with Gasteiger partial charge in [0.1, 0.15) is 5.82 Å². The number of hydrogen-bond donors (Lipinski definition) is 2. The van der Waals surface area contributed by atoms with Crippen molar-refractivity contribution < 1.29 is 9.18 Å². The third-order valence-electron chi connectivity index (χ3n) is 2.45. The summed E-state index contributed by atoms with van der Waals surface area (Å²) in [6, 6.07) is 4.03. The molecule has 0 atom stereocenters. The van der Waals surface area contributed by atoms with Crippen LogP contribution in [0.1, 0.15) is 6.42 Å². The molecule has 0 aliphatic rings. The van der Waals surface area contributed by atoms with Crippen molar-refractivity contribution in [3.8, 4) is 0 Å². The van der Waals surface area contributed by atoms with E-state index < -0.39 is 5.82 Å². The number of halogens is 2. The lowest BCUT2D eigenvalue weighted by Gasteiger charge is -2.06. The van der Waals surface area contributed by atoms with E-state index in [2.05, 4.69) is 10.4 Å². The van der Waals surface area contributed by atoms with Gasteiger partial charge in [-0.3, -0.25) is 9.48 Å². The van der Waals surface area contributed by atoms with Crippen molar-refractivity contribution in [2.75, 3.05) is 11.1 Å². The summed E-state index contributed by atoms with van der Waals surface area (Å²) in [6.45, 7) is 0.412. The Kier molecular flexibility index (Phi) is 4.01. The summed E-state index contributed by atoms with van der Waals surface area (Å²) in [6.07, 6.45) is 3.36. The number of carbonyl (C=O) groups excluding carboxylic acids is 1. The number of nitrogens with two attached hydrogens (primary N) is 1. The molecule has 2 aromatic rings. The number of nitrogens with zero attached hydrogens (tertiary/aromatic N) is 2. The Balaban J connectivity index is 1.88. The standard InChI is InChI=1S/C12H12ClFN4O/c13-8-6-16-18(7-8)4-3-12(19)17-9-1-2-10(14)11(15)5-9/h1-2,5-7H,3-4,15H2,(H,17,19). The number of carbonyl (C=O) groups is 1. The van der Waals surface area contributed by atoms with Gasteiger partial charge in [0, 0.05) is 24.8 Å². The lowest BCUT2D eigenvalue weighted by molar-refractivity contribution is -0.116. The molecule has 1 aromatic carbocycles. The third kappa shape index (κ3) is 3.69. The molecule has 0 aliphatic carbocycles. The second-order valence-corrected chi connectivity index (χ2v) is 4.39. The van der Waals surface area contributed by atoms with Gasteiger partial charge in [-0.25, -0.2) is 4.39 Å². The van der Waals surface area contributed by atoms with Crippen molar-refractivity contribution in [3.05, 3.63) is 41.4 Å². The van der Waals surface area contributed by atoms with Crippen LogP contribution in [-0.2, 0) is 11.3 Å². The van der Waals surface area contributed by atoms with Gasteiger partial charge in [-0.05, 0) is 18.2 Å². The van der Waals surface area contributed by atoms with E-state index in [1.807, 2.05) is 0 Å². The number of nitrogens with one attached hydrogen (secondary N) is 1. The number of aromatic nitrogens is 2. The van der Waals surface area contributed by atoms with Crippen LogP contribution in [0, 0.1) is 5.82 Å². The summed E-state index contributed by atoms with van der Waals surface area (Å²) in [4.78, 5) is 11.7. The third-order valence-corrected chi connectivity index (χ3v) is 2.64.